The van der Waals surface area contributed by atoms with Crippen molar-refractivity contribution >= 4 is 24.0 Å². The molecule has 0 fully saturated rings. The fourth-order valence-corrected chi connectivity index (χ4v) is 1.37. The van der Waals surface area contributed by atoms with Gasteiger partial charge in [0.2, 0.25) is 0 Å². The summed E-state index contributed by atoms with van der Waals surface area (Å²) in [5.74, 6) is 0.933. The molecule has 1 rings (SSSR count). The Labute approximate surface area is 115 Å². The Balaban J connectivity index is 0.00000225. The molecule has 0 aromatic heterocycles. The van der Waals surface area contributed by atoms with Crippen LogP contribution in [0.25, 0.3) is 0 Å². The zero-order valence-corrected chi connectivity index (χ0v) is 12.3. The first kappa shape index (κ1) is 15.7. The molecule has 0 atom stereocenters. The van der Waals surface area contributed by atoms with Crippen molar-refractivity contribution < 1.29 is 4.74 Å². The van der Waals surface area contributed by atoms with Crippen LogP contribution in [0, 0.1) is 0 Å². The summed E-state index contributed by atoms with van der Waals surface area (Å²) in [4.78, 5) is 2.14. The molecule has 1 aromatic rings. The zero-order chi connectivity index (χ0) is 11.1. The van der Waals surface area contributed by atoms with Gasteiger partial charge in [-0.3, -0.25) is 0 Å². The summed E-state index contributed by atoms with van der Waals surface area (Å²) in [5.41, 5.74) is 6.67. The van der Waals surface area contributed by atoms with E-state index < -0.39 is 0 Å². The van der Waals surface area contributed by atoms with Crippen LogP contribution in [-0.4, -0.2) is 32.1 Å². The Kier molecular flexibility index (Phi) is 8.60. The quantitative estimate of drug-likeness (QED) is 0.639. The SMILES string of the molecule is CN(C)Cc1cccc(OCCCN)c1.I. The van der Waals surface area contributed by atoms with Crippen LogP contribution < -0.4 is 10.5 Å². The van der Waals surface area contributed by atoms with E-state index in [2.05, 4.69) is 31.1 Å². The predicted octanol–water partition coefficient (Wildman–Crippen LogP) is 2.09. The molecule has 0 aliphatic rings. The molecule has 0 amide bonds. The summed E-state index contributed by atoms with van der Waals surface area (Å²) < 4.78 is 5.57. The predicted molar refractivity (Wildman–Crippen MR) is 78.4 cm³/mol. The van der Waals surface area contributed by atoms with Gasteiger partial charge in [0.05, 0.1) is 6.61 Å². The van der Waals surface area contributed by atoms with E-state index in [9.17, 15) is 0 Å². The van der Waals surface area contributed by atoms with Gasteiger partial charge in [-0.25, -0.2) is 0 Å². The van der Waals surface area contributed by atoms with Crippen LogP contribution in [-0.2, 0) is 6.54 Å². The standard InChI is InChI=1S/C12H20N2O.HI/c1-14(2)10-11-5-3-6-12(9-11)15-8-4-7-13;/h3,5-6,9H,4,7-8,10,13H2,1-2H3;1H. The van der Waals surface area contributed by atoms with Gasteiger partial charge in [0.1, 0.15) is 5.75 Å². The first-order chi connectivity index (χ1) is 7.22. The van der Waals surface area contributed by atoms with Crippen molar-refractivity contribution in [1.82, 2.24) is 4.90 Å². The second-order valence-corrected chi connectivity index (χ2v) is 3.88. The van der Waals surface area contributed by atoms with Crippen LogP contribution in [0.3, 0.4) is 0 Å². The largest absolute Gasteiger partial charge is 0.494 e. The Morgan fingerprint density at radius 1 is 1.31 bits per heavy atom. The molecule has 4 heteroatoms. The minimum absolute atomic E-state index is 0. The van der Waals surface area contributed by atoms with Crippen LogP contribution in [0.5, 0.6) is 5.75 Å². The normalized spacial score (nSPS) is 10.0. The van der Waals surface area contributed by atoms with Crippen molar-refractivity contribution in [3.63, 3.8) is 0 Å². The third-order valence-corrected chi connectivity index (χ3v) is 2.01. The van der Waals surface area contributed by atoms with Crippen LogP contribution in [0.2, 0.25) is 0 Å². The van der Waals surface area contributed by atoms with Gasteiger partial charge >= 0.3 is 0 Å². The highest BCUT2D eigenvalue weighted by Crippen LogP contribution is 2.14. The lowest BCUT2D eigenvalue weighted by molar-refractivity contribution is 0.312. The molecule has 0 saturated carbocycles. The average Bonchev–Trinajstić information content (AvgIpc) is 2.18. The summed E-state index contributed by atoms with van der Waals surface area (Å²) in [7, 11) is 4.11. The molecule has 0 aliphatic carbocycles. The number of benzene rings is 1. The van der Waals surface area contributed by atoms with Gasteiger partial charge in [-0.15, -0.1) is 24.0 Å². The molecule has 0 unspecified atom stereocenters. The molecule has 0 saturated heterocycles. The molecule has 1 aromatic carbocycles. The van der Waals surface area contributed by atoms with Crippen LogP contribution in [0.15, 0.2) is 24.3 Å². The Bertz CT molecular complexity index is 292. The molecule has 2 N–H and O–H groups in total. The van der Waals surface area contributed by atoms with Gasteiger partial charge in [0.15, 0.2) is 0 Å². The van der Waals surface area contributed by atoms with E-state index in [4.69, 9.17) is 10.5 Å². The highest BCUT2D eigenvalue weighted by atomic mass is 127. The summed E-state index contributed by atoms with van der Waals surface area (Å²) in [6.07, 6.45) is 0.901. The van der Waals surface area contributed by atoms with Gasteiger partial charge in [0.25, 0.3) is 0 Å². The molecule has 16 heavy (non-hydrogen) atoms. The van der Waals surface area contributed by atoms with Gasteiger partial charge < -0.3 is 15.4 Å². The first-order valence-electron chi connectivity index (χ1n) is 5.29. The van der Waals surface area contributed by atoms with Gasteiger partial charge in [0, 0.05) is 6.54 Å². The molecule has 92 valence electrons. The highest BCUT2D eigenvalue weighted by molar-refractivity contribution is 14.0. The Hall–Kier alpha value is -0.330. The van der Waals surface area contributed by atoms with Crippen molar-refractivity contribution in [1.29, 1.82) is 0 Å². The van der Waals surface area contributed by atoms with Gasteiger partial charge in [-0.05, 0) is 44.8 Å². The van der Waals surface area contributed by atoms with E-state index in [1.54, 1.807) is 0 Å². The summed E-state index contributed by atoms with van der Waals surface area (Å²) in [5, 5.41) is 0. The molecule has 0 radical (unpaired) electrons. The smallest absolute Gasteiger partial charge is 0.119 e. The van der Waals surface area contributed by atoms with Crippen LogP contribution in [0.4, 0.5) is 0 Å². The maximum absolute atomic E-state index is 5.57. The summed E-state index contributed by atoms with van der Waals surface area (Å²) in [6, 6.07) is 8.19. The van der Waals surface area contributed by atoms with Crippen LogP contribution >= 0.6 is 24.0 Å². The topological polar surface area (TPSA) is 38.5 Å². The maximum Gasteiger partial charge on any atom is 0.119 e. The van der Waals surface area contributed by atoms with Gasteiger partial charge in [-0.2, -0.15) is 0 Å². The van der Waals surface area contributed by atoms with E-state index in [0.717, 1.165) is 18.7 Å². The number of hydrogen-bond acceptors (Lipinski definition) is 3. The second-order valence-electron chi connectivity index (χ2n) is 3.88. The fraction of sp³-hybridized carbons (Fsp3) is 0.500. The Morgan fingerprint density at radius 2 is 2.06 bits per heavy atom. The van der Waals surface area contributed by atoms with Crippen molar-refractivity contribution in [3.8, 4) is 5.75 Å². The monoisotopic (exact) mass is 336 g/mol. The number of nitrogens with zero attached hydrogens (tertiary/aromatic N) is 1. The average molecular weight is 336 g/mol. The lowest BCUT2D eigenvalue weighted by atomic mass is 10.2. The van der Waals surface area contributed by atoms with Crippen molar-refractivity contribution in [2.24, 2.45) is 5.73 Å². The number of ether oxygens (including phenoxy) is 1. The van der Waals surface area contributed by atoms with Crippen molar-refractivity contribution in [3.05, 3.63) is 29.8 Å². The zero-order valence-electron chi connectivity index (χ0n) is 9.98. The molecule has 0 bridgehead atoms. The lowest BCUT2D eigenvalue weighted by Gasteiger charge is -2.11. The maximum atomic E-state index is 5.57. The van der Waals surface area contributed by atoms with Crippen molar-refractivity contribution in [2.45, 2.75) is 13.0 Å². The van der Waals surface area contributed by atoms with E-state index in [1.165, 1.54) is 5.56 Å². The van der Waals surface area contributed by atoms with Gasteiger partial charge in [-0.1, -0.05) is 12.1 Å². The number of hydrogen-bond donors (Lipinski definition) is 1. The van der Waals surface area contributed by atoms with E-state index >= 15 is 0 Å². The first-order valence-corrected chi connectivity index (χ1v) is 5.29. The van der Waals surface area contributed by atoms with Crippen LogP contribution in [0.1, 0.15) is 12.0 Å². The van der Waals surface area contributed by atoms with E-state index in [1.807, 2.05) is 12.1 Å². The van der Waals surface area contributed by atoms with E-state index in [0.29, 0.717) is 13.2 Å². The third-order valence-electron chi connectivity index (χ3n) is 2.01. The number of rotatable bonds is 6. The molecular formula is C12H21IN2O. The minimum atomic E-state index is 0. The highest BCUT2D eigenvalue weighted by Gasteiger charge is 1.98. The lowest BCUT2D eigenvalue weighted by Crippen LogP contribution is -2.11. The fourth-order valence-electron chi connectivity index (χ4n) is 1.37. The van der Waals surface area contributed by atoms with Crippen molar-refractivity contribution in [2.75, 3.05) is 27.2 Å². The summed E-state index contributed by atoms with van der Waals surface area (Å²) >= 11 is 0. The number of nitrogens with two attached hydrogens (primary N) is 1. The number of halogens is 1. The molecule has 0 aliphatic heterocycles. The second kappa shape index (κ2) is 8.78. The molecule has 0 spiro atoms. The summed E-state index contributed by atoms with van der Waals surface area (Å²) in [6.45, 7) is 2.31. The molecule has 0 heterocycles. The minimum Gasteiger partial charge on any atom is -0.494 e. The molecule has 3 nitrogen and oxygen atoms in total. The molecular weight excluding hydrogens is 315 g/mol. The van der Waals surface area contributed by atoms with E-state index in [-0.39, 0.29) is 24.0 Å². The Morgan fingerprint density at radius 3 is 2.69 bits per heavy atom. The third kappa shape index (κ3) is 6.30.